The maximum atomic E-state index is 12.8. The second-order valence-electron chi connectivity index (χ2n) is 5.45. The molecule has 1 aliphatic heterocycles. The summed E-state index contributed by atoms with van der Waals surface area (Å²) in [6.45, 7) is -1.92. The summed E-state index contributed by atoms with van der Waals surface area (Å²) < 4.78 is 75.4. The summed E-state index contributed by atoms with van der Waals surface area (Å²) in [4.78, 5) is 23.9. The Morgan fingerprint density at radius 2 is 1.80 bits per heavy atom. The average molecular weight is 369 g/mol. The van der Waals surface area contributed by atoms with Crippen molar-refractivity contribution in [3.05, 3.63) is 29.8 Å². The lowest BCUT2D eigenvalue weighted by Crippen LogP contribution is -2.39. The topological polar surface area (TPSA) is 61.4 Å². The van der Waals surface area contributed by atoms with Crippen LogP contribution in [0.4, 0.5) is 32.0 Å². The van der Waals surface area contributed by atoms with Crippen molar-refractivity contribution in [1.82, 2.24) is 10.3 Å². The largest absolute Gasteiger partial charge is 0.418 e. The quantitative estimate of drug-likeness (QED) is 0.634. The molecule has 1 heterocycles. The Morgan fingerprint density at radius 3 is 2.40 bits per heavy atom. The number of halogens is 6. The van der Waals surface area contributed by atoms with Gasteiger partial charge in [0.05, 0.1) is 17.2 Å². The van der Waals surface area contributed by atoms with Crippen LogP contribution in [-0.2, 0) is 15.8 Å². The van der Waals surface area contributed by atoms with Crippen molar-refractivity contribution in [3.63, 3.8) is 0 Å². The number of hydrazine groups is 1. The second kappa shape index (κ2) is 6.81. The molecule has 0 bridgehead atoms. The van der Waals surface area contributed by atoms with E-state index in [0.717, 1.165) is 12.1 Å². The molecule has 0 aromatic heterocycles. The third-order valence-electron chi connectivity index (χ3n) is 3.51. The van der Waals surface area contributed by atoms with E-state index in [1.54, 1.807) is 0 Å². The molecule has 0 saturated carbocycles. The molecular formula is C14H13F6N3O2. The highest BCUT2D eigenvalue weighted by Crippen LogP contribution is 2.34. The van der Waals surface area contributed by atoms with E-state index < -0.39 is 60.8 Å². The molecule has 25 heavy (non-hydrogen) atoms. The van der Waals surface area contributed by atoms with Crippen LogP contribution in [0.1, 0.15) is 12.0 Å². The molecule has 11 heteroatoms. The van der Waals surface area contributed by atoms with Crippen molar-refractivity contribution in [2.75, 3.05) is 18.5 Å². The van der Waals surface area contributed by atoms with Crippen LogP contribution >= 0.6 is 0 Å². The molecule has 138 valence electrons. The predicted molar refractivity (Wildman–Crippen MR) is 74.0 cm³/mol. The standard InChI is InChI=1S/C14H13F6N3O2/c15-13(16,17)7-23-6-8(5-11(23)24)12(25)22-21-10-4-2-1-3-9(10)14(18,19)20/h1-4,8,21H,5-7H2,(H,22,25). The highest BCUT2D eigenvalue weighted by Gasteiger charge is 2.40. The molecule has 2 rings (SSSR count). The van der Waals surface area contributed by atoms with Gasteiger partial charge in [-0.05, 0) is 12.1 Å². The van der Waals surface area contributed by atoms with E-state index in [4.69, 9.17) is 0 Å². The smallest absolute Gasteiger partial charge is 0.333 e. The van der Waals surface area contributed by atoms with Crippen LogP contribution in [0.25, 0.3) is 0 Å². The Balaban J connectivity index is 1.97. The highest BCUT2D eigenvalue weighted by atomic mass is 19.4. The number of rotatable bonds is 4. The molecule has 1 fully saturated rings. The fourth-order valence-electron chi connectivity index (χ4n) is 2.39. The van der Waals surface area contributed by atoms with E-state index in [0.29, 0.717) is 4.90 Å². The van der Waals surface area contributed by atoms with Gasteiger partial charge in [0.1, 0.15) is 6.54 Å². The van der Waals surface area contributed by atoms with E-state index in [9.17, 15) is 35.9 Å². The number of carbonyl (C=O) groups is 2. The summed E-state index contributed by atoms with van der Waals surface area (Å²) in [6, 6.07) is 4.37. The molecule has 0 radical (unpaired) electrons. The number of anilines is 1. The van der Waals surface area contributed by atoms with E-state index in [1.807, 2.05) is 5.43 Å². The van der Waals surface area contributed by atoms with Crippen molar-refractivity contribution in [2.45, 2.75) is 18.8 Å². The van der Waals surface area contributed by atoms with Gasteiger partial charge in [-0.15, -0.1) is 0 Å². The van der Waals surface area contributed by atoms with Crippen LogP contribution in [0, 0.1) is 5.92 Å². The zero-order valence-electron chi connectivity index (χ0n) is 12.5. The first-order chi connectivity index (χ1) is 11.5. The zero-order chi connectivity index (χ0) is 18.8. The highest BCUT2D eigenvalue weighted by molar-refractivity contribution is 5.89. The fraction of sp³-hybridized carbons (Fsp3) is 0.429. The number of carbonyl (C=O) groups excluding carboxylic acids is 2. The Hall–Kier alpha value is -2.46. The van der Waals surface area contributed by atoms with E-state index in [-0.39, 0.29) is 0 Å². The number of amides is 2. The van der Waals surface area contributed by atoms with Crippen molar-refractivity contribution < 1.29 is 35.9 Å². The number of hydrogen-bond acceptors (Lipinski definition) is 3. The average Bonchev–Trinajstić information content (AvgIpc) is 2.83. The van der Waals surface area contributed by atoms with Gasteiger partial charge in [-0.3, -0.25) is 20.4 Å². The summed E-state index contributed by atoms with van der Waals surface area (Å²) in [5.74, 6) is -2.79. The van der Waals surface area contributed by atoms with Crippen LogP contribution in [0.2, 0.25) is 0 Å². The maximum absolute atomic E-state index is 12.8. The lowest BCUT2D eigenvalue weighted by molar-refractivity contribution is -0.157. The third kappa shape index (κ3) is 5.00. The first kappa shape index (κ1) is 18.9. The van der Waals surface area contributed by atoms with Gasteiger partial charge in [-0.1, -0.05) is 12.1 Å². The second-order valence-corrected chi connectivity index (χ2v) is 5.45. The van der Waals surface area contributed by atoms with Crippen LogP contribution < -0.4 is 10.9 Å². The molecule has 2 amide bonds. The SMILES string of the molecule is O=C(NNc1ccccc1C(F)(F)F)C1CC(=O)N(CC(F)(F)F)C1. The summed E-state index contributed by atoms with van der Waals surface area (Å²) in [5, 5.41) is 0. The Labute approximate surface area is 137 Å². The number of nitrogens with zero attached hydrogens (tertiary/aromatic N) is 1. The number of alkyl halides is 6. The van der Waals surface area contributed by atoms with Crippen molar-refractivity contribution in [1.29, 1.82) is 0 Å². The maximum Gasteiger partial charge on any atom is 0.418 e. The van der Waals surface area contributed by atoms with Crippen LogP contribution in [0.15, 0.2) is 24.3 Å². The van der Waals surface area contributed by atoms with Crippen LogP contribution in [-0.4, -0.2) is 36.0 Å². The lowest BCUT2D eigenvalue weighted by Gasteiger charge is -2.19. The predicted octanol–water partition coefficient (Wildman–Crippen LogP) is 2.56. The van der Waals surface area contributed by atoms with Gasteiger partial charge in [0, 0.05) is 13.0 Å². The van der Waals surface area contributed by atoms with Gasteiger partial charge in [-0.2, -0.15) is 26.3 Å². The summed E-state index contributed by atoms with van der Waals surface area (Å²) in [6.07, 6.45) is -9.68. The van der Waals surface area contributed by atoms with Crippen molar-refractivity contribution in [2.24, 2.45) is 5.92 Å². The minimum Gasteiger partial charge on any atom is -0.333 e. The lowest BCUT2D eigenvalue weighted by atomic mass is 10.1. The molecule has 1 aromatic carbocycles. The monoisotopic (exact) mass is 369 g/mol. The number of hydrogen-bond donors (Lipinski definition) is 2. The normalized spacial score (nSPS) is 18.4. The zero-order valence-corrected chi connectivity index (χ0v) is 12.5. The van der Waals surface area contributed by atoms with Crippen LogP contribution in [0.3, 0.4) is 0 Å². The molecule has 5 nitrogen and oxygen atoms in total. The van der Waals surface area contributed by atoms with Gasteiger partial charge in [-0.25, -0.2) is 0 Å². The van der Waals surface area contributed by atoms with E-state index in [1.165, 1.54) is 12.1 Å². The molecule has 1 aliphatic rings. The van der Waals surface area contributed by atoms with E-state index >= 15 is 0 Å². The summed E-state index contributed by atoms with van der Waals surface area (Å²) in [5.41, 5.74) is 2.68. The Bertz CT molecular complexity index is 659. The number of para-hydroxylation sites is 1. The Kier molecular flexibility index (Phi) is 5.14. The number of nitrogens with one attached hydrogen (secondary N) is 2. The number of likely N-dealkylation sites (tertiary alicyclic amines) is 1. The summed E-state index contributed by atoms with van der Waals surface area (Å²) >= 11 is 0. The van der Waals surface area contributed by atoms with Crippen molar-refractivity contribution >= 4 is 17.5 Å². The first-order valence-electron chi connectivity index (χ1n) is 7.04. The first-order valence-corrected chi connectivity index (χ1v) is 7.04. The van der Waals surface area contributed by atoms with Gasteiger partial charge < -0.3 is 4.90 Å². The van der Waals surface area contributed by atoms with Gasteiger partial charge >= 0.3 is 12.4 Å². The molecule has 1 atom stereocenters. The van der Waals surface area contributed by atoms with Crippen LogP contribution in [0.5, 0.6) is 0 Å². The number of benzene rings is 1. The van der Waals surface area contributed by atoms with Gasteiger partial charge in [0.15, 0.2) is 0 Å². The molecule has 1 aromatic rings. The molecule has 0 spiro atoms. The molecule has 1 unspecified atom stereocenters. The minimum absolute atomic E-state index is 0.417. The van der Waals surface area contributed by atoms with Gasteiger partial charge in [0.25, 0.3) is 0 Å². The molecule has 1 saturated heterocycles. The molecule has 2 N–H and O–H groups in total. The minimum atomic E-state index is -4.65. The Morgan fingerprint density at radius 1 is 1.16 bits per heavy atom. The molecular weight excluding hydrogens is 356 g/mol. The third-order valence-corrected chi connectivity index (χ3v) is 3.51. The summed E-state index contributed by atoms with van der Waals surface area (Å²) in [7, 11) is 0. The van der Waals surface area contributed by atoms with E-state index in [2.05, 4.69) is 5.43 Å². The van der Waals surface area contributed by atoms with Crippen molar-refractivity contribution in [3.8, 4) is 0 Å². The van der Waals surface area contributed by atoms with Gasteiger partial charge in [0.2, 0.25) is 11.8 Å². The fourth-order valence-corrected chi connectivity index (χ4v) is 2.39. The molecule has 0 aliphatic carbocycles.